The number of Topliss-reactive ketones (excluding diaryl/α,β-unsaturated/α-hetero) is 2. The molecule has 4 aliphatic heterocycles. The summed E-state index contributed by atoms with van der Waals surface area (Å²) < 4.78 is 0. The number of ketones is 2. The standard InChI is InChI=1S/C20H28N4O2/c25-19-15(21-7-3-1-4-8-21)17(23-11-12-23)20(26)16(18(19)24-13-14-24)22-9-5-2-6-10-22/h1-14H2. The predicted molar refractivity (Wildman–Crippen MR) is 98.1 cm³/mol. The minimum atomic E-state index is 0.103. The summed E-state index contributed by atoms with van der Waals surface area (Å²) in [6, 6.07) is 0. The second kappa shape index (κ2) is 6.32. The Labute approximate surface area is 155 Å². The van der Waals surface area contributed by atoms with Crippen molar-refractivity contribution in [3.63, 3.8) is 0 Å². The first-order valence-electron chi connectivity index (χ1n) is 10.3. The first-order valence-corrected chi connectivity index (χ1v) is 10.3. The molecule has 0 saturated carbocycles. The Morgan fingerprint density at radius 1 is 0.385 bits per heavy atom. The van der Waals surface area contributed by atoms with E-state index in [0.29, 0.717) is 22.8 Å². The van der Waals surface area contributed by atoms with Gasteiger partial charge < -0.3 is 19.6 Å². The van der Waals surface area contributed by atoms with Crippen LogP contribution in [-0.4, -0.2) is 83.5 Å². The van der Waals surface area contributed by atoms with Gasteiger partial charge in [0, 0.05) is 52.4 Å². The first kappa shape index (κ1) is 16.2. The summed E-state index contributed by atoms with van der Waals surface area (Å²) in [6.45, 7) is 7.21. The number of nitrogens with zero attached hydrogens (tertiary/aromatic N) is 4. The number of hydrogen-bond acceptors (Lipinski definition) is 6. The summed E-state index contributed by atoms with van der Waals surface area (Å²) in [4.78, 5) is 35.9. The Morgan fingerprint density at radius 2 is 0.654 bits per heavy atom. The van der Waals surface area contributed by atoms with E-state index in [1.54, 1.807) is 0 Å². The van der Waals surface area contributed by atoms with Gasteiger partial charge in [0.15, 0.2) is 0 Å². The van der Waals surface area contributed by atoms with Gasteiger partial charge in [-0.05, 0) is 38.5 Å². The Bertz CT molecular complexity index is 631. The van der Waals surface area contributed by atoms with E-state index in [0.717, 1.165) is 78.0 Å². The normalized spacial score (nSPS) is 26.9. The molecule has 0 N–H and O–H groups in total. The molecule has 1 aliphatic carbocycles. The zero-order valence-corrected chi connectivity index (χ0v) is 15.5. The molecule has 140 valence electrons. The van der Waals surface area contributed by atoms with Gasteiger partial charge in [0.05, 0.1) is 0 Å². The van der Waals surface area contributed by atoms with Crippen molar-refractivity contribution in [3.8, 4) is 0 Å². The van der Waals surface area contributed by atoms with Gasteiger partial charge in [-0.1, -0.05) is 0 Å². The molecule has 5 aliphatic rings. The van der Waals surface area contributed by atoms with Crippen molar-refractivity contribution in [2.24, 2.45) is 0 Å². The van der Waals surface area contributed by atoms with Crippen molar-refractivity contribution in [3.05, 3.63) is 22.8 Å². The Hall–Kier alpha value is -1.98. The maximum Gasteiger partial charge on any atom is 0.229 e. The van der Waals surface area contributed by atoms with Crippen LogP contribution in [0.4, 0.5) is 0 Å². The summed E-state index contributed by atoms with van der Waals surface area (Å²) in [5.74, 6) is 0.206. The van der Waals surface area contributed by atoms with Crippen LogP contribution < -0.4 is 0 Å². The summed E-state index contributed by atoms with van der Waals surface area (Å²) in [5.41, 5.74) is 2.80. The SMILES string of the molecule is O=C1C(N2CCCCC2)=C(N2CC2)C(=O)C(N2CCCCC2)=C1N1CC1. The lowest BCUT2D eigenvalue weighted by Crippen LogP contribution is -2.45. The molecule has 0 spiro atoms. The Kier molecular flexibility index (Phi) is 3.94. The van der Waals surface area contributed by atoms with Crippen LogP contribution in [0, 0.1) is 0 Å². The Balaban J connectivity index is 1.58. The van der Waals surface area contributed by atoms with Crippen molar-refractivity contribution in [2.45, 2.75) is 38.5 Å². The second-order valence-corrected chi connectivity index (χ2v) is 8.12. The van der Waals surface area contributed by atoms with Crippen LogP contribution in [0.15, 0.2) is 22.8 Å². The lowest BCUT2D eigenvalue weighted by molar-refractivity contribution is -0.120. The van der Waals surface area contributed by atoms with Gasteiger partial charge >= 0.3 is 0 Å². The van der Waals surface area contributed by atoms with Crippen LogP contribution in [0.3, 0.4) is 0 Å². The molecule has 6 nitrogen and oxygen atoms in total. The fourth-order valence-electron chi connectivity index (χ4n) is 4.61. The van der Waals surface area contributed by atoms with E-state index in [2.05, 4.69) is 19.6 Å². The van der Waals surface area contributed by atoms with E-state index in [1.807, 2.05) is 0 Å². The number of piperidine rings is 2. The molecule has 0 radical (unpaired) electrons. The second-order valence-electron chi connectivity index (χ2n) is 8.12. The summed E-state index contributed by atoms with van der Waals surface area (Å²) in [5, 5.41) is 0. The number of likely N-dealkylation sites (tertiary alicyclic amines) is 2. The summed E-state index contributed by atoms with van der Waals surface area (Å²) in [6.07, 6.45) is 6.89. The molecule has 0 amide bonds. The van der Waals surface area contributed by atoms with Crippen molar-refractivity contribution < 1.29 is 9.59 Å². The minimum absolute atomic E-state index is 0.103. The van der Waals surface area contributed by atoms with Crippen molar-refractivity contribution in [1.82, 2.24) is 19.6 Å². The molecule has 0 aromatic carbocycles. The van der Waals surface area contributed by atoms with Crippen LogP contribution in [0.25, 0.3) is 0 Å². The van der Waals surface area contributed by atoms with Gasteiger partial charge in [0.25, 0.3) is 0 Å². The quantitative estimate of drug-likeness (QED) is 0.557. The largest absolute Gasteiger partial charge is 0.367 e. The molecular formula is C20H28N4O2. The third-order valence-electron chi connectivity index (χ3n) is 6.18. The van der Waals surface area contributed by atoms with Crippen LogP contribution in [-0.2, 0) is 9.59 Å². The molecule has 0 aromatic heterocycles. The van der Waals surface area contributed by atoms with Gasteiger partial charge in [0.2, 0.25) is 11.6 Å². The highest BCUT2D eigenvalue weighted by atomic mass is 16.1. The van der Waals surface area contributed by atoms with Gasteiger partial charge in [-0.15, -0.1) is 0 Å². The predicted octanol–water partition coefficient (Wildman–Crippen LogP) is 1.16. The van der Waals surface area contributed by atoms with Crippen LogP contribution in [0.1, 0.15) is 38.5 Å². The molecule has 0 aromatic rings. The molecule has 0 bridgehead atoms. The molecule has 4 fully saturated rings. The maximum absolute atomic E-state index is 13.6. The van der Waals surface area contributed by atoms with Crippen molar-refractivity contribution >= 4 is 11.6 Å². The zero-order valence-electron chi connectivity index (χ0n) is 15.5. The maximum atomic E-state index is 13.6. The van der Waals surface area contributed by atoms with Gasteiger partial charge in [-0.2, -0.15) is 0 Å². The van der Waals surface area contributed by atoms with E-state index in [4.69, 9.17) is 0 Å². The smallest absolute Gasteiger partial charge is 0.229 e. The van der Waals surface area contributed by atoms with Gasteiger partial charge in [-0.3, -0.25) is 9.59 Å². The van der Waals surface area contributed by atoms with Gasteiger partial charge in [-0.25, -0.2) is 0 Å². The molecule has 26 heavy (non-hydrogen) atoms. The molecule has 6 heteroatoms. The highest BCUT2D eigenvalue weighted by molar-refractivity contribution is 6.24. The van der Waals surface area contributed by atoms with E-state index in [9.17, 15) is 9.59 Å². The third kappa shape index (κ3) is 2.70. The third-order valence-corrected chi connectivity index (χ3v) is 6.18. The lowest BCUT2D eigenvalue weighted by atomic mass is 9.94. The van der Waals surface area contributed by atoms with E-state index < -0.39 is 0 Å². The number of carbonyl (C=O) groups is 2. The molecule has 4 heterocycles. The van der Waals surface area contributed by atoms with E-state index in [-0.39, 0.29) is 11.6 Å². The highest BCUT2D eigenvalue weighted by Crippen LogP contribution is 2.38. The topological polar surface area (TPSA) is 46.6 Å². The molecule has 4 saturated heterocycles. The fourth-order valence-corrected chi connectivity index (χ4v) is 4.61. The number of hydrogen-bond donors (Lipinski definition) is 0. The number of carbonyl (C=O) groups excluding carboxylic acids is 2. The average Bonchev–Trinajstić information content (AvgIpc) is 3.57. The average molecular weight is 356 g/mol. The van der Waals surface area contributed by atoms with Crippen LogP contribution >= 0.6 is 0 Å². The Morgan fingerprint density at radius 3 is 0.923 bits per heavy atom. The zero-order chi connectivity index (χ0) is 17.7. The highest BCUT2D eigenvalue weighted by Gasteiger charge is 2.47. The molecule has 0 atom stereocenters. The molecule has 0 unspecified atom stereocenters. The van der Waals surface area contributed by atoms with Gasteiger partial charge in [0.1, 0.15) is 22.8 Å². The summed E-state index contributed by atoms with van der Waals surface area (Å²) in [7, 11) is 0. The first-order chi connectivity index (χ1) is 12.8. The molecular weight excluding hydrogens is 328 g/mol. The number of rotatable bonds is 4. The summed E-state index contributed by atoms with van der Waals surface area (Å²) >= 11 is 0. The van der Waals surface area contributed by atoms with E-state index in [1.165, 1.54) is 12.8 Å². The monoisotopic (exact) mass is 356 g/mol. The lowest BCUT2D eigenvalue weighted by Gasteiger charge is -2.38. The van der Waals surface area contributed by atoms with Crippen LogP contribution in [0.2, 0.25) is 0 Å². The van der Waals surface area contributed by atoms with Crippen molar-refractivity contribution in [2.75, 3.05) is 52.4 Å². The minimum Gasteiger partial charge on any atom is -0.367 e. The molecule has 5 rings (SSSR count). The van der Waals surface area contributed by atoms with E-state index >= 15 is 0 Å². The van der Waals surface area contributed by atoms with Crippen LogP contribution in [0.5, 0.6) is 0 Å². The fraction of sp³-hybridized carbons (Fsp3) is 0.700. The van der Waals surface area contributed by atoms with Crippen molar-refractivity contribution in [1.29, 1.82) is 0 Å².